The van der Waals surface area contributed by atoms with E-state index >= 15 is 0 Å². The number of ether oxygens (including phenoxy) is 1. The second-order valence-electron chi connectivity index (χ2n) is 6.07. The summed E-state index contributed by atoms with van der Waals surface area (Å²) < 4.78 is 7.87. The fraction of sp³-hybridized carbons (Fsp3) is 0.471. The highest BCUT2D eigenvalue weighted by atomic mass is 16.5. The highest BCUT2D eigenvalue weighted by molar-refractivity contribution is 6.06. The van der Waals surface area contributed by atoms with Gasteiger partial charge in [0.05, 0.1) is 18.8 Å². The average molecular weight is 284 g/mol. The number of carbonyl (C=O) groups is 1. The first kappa shape index (κ1) is 12.9. The molecule has 1 aliphatic carbocycles. The van der Waals surface area contributed by atoms with Crippen molar-refractivity contribution >= 4 is 16.8 Å². The van der Waals surface area contributed by atoms with Crippen LogP contribution in [0.5, 0.6) is 0 Å². The summed E-state index contributed by atoms with van der Waals surface area (Å²) >= 11 is 0. The van der Waals surface area contributed by atoms with E-state index in [1.165, 1.54) is 0 Å². The number of fused-ring (bicyclic) bond motifs is 2. The zero-order valence-corrected chi connectivity index (χ0v) is 12.3. The van der Waals surface area contributed by atoms with E-state index in [-0.39, 0.29) is 18.1 Å². The molecule has 2 atom stereocenters. The molecule has 4 rings (SSSR count). The molecule has 0 bridgehead atoms. The van der Waals surface area contributed by atoms with Gasteiger partial charge in [-0.25, -0.2) is 0 Å². The summed E-state index contributed by atoms with van der Waals surface area (Å²) in [5, 5.41) is 1.05. The molecule has 1 aromatic heterocycles. The van der Waals surface area contributed by atoms with E-state index in [0.29, 0.717) is 13.2 Å². The van der Waals surface area contributed by atoms with Crippen LogP contribution >= 0.6 is 0 Å². The second-order valence-corrected chi connectivity index (χ2v) is 6.07. The Balaban J connectivity index is 1.73. The quantitative estimate of drug-likeness (QED) is 0.806. The molecule has 2 heterocycles. The van der Waals surface area contributed by atoms with Gasteiger partial charge in [-0.05, 0) is 37.5 Å². The summed E-state index contributed by atoms with van der Waals surface area (Å²) in [6, 6.07) is 8.29. The molecule has 1 aliphatic heterocycles. The molecule has 110 valence electrons. The number of hydrogen-bond donors (Lipinski definition) is 0. The third kappa shape index (κ3) is 1.97. The number of rotatable bonds is 1. The van der Waals surface area contributed by atoms with E-state index in [4.69, 9.17) is 4.74 Å². The Morgan fingerprint density at radius 3 is 3.10 bits per heavy atom. The molecule has 21 heavy (non-hydrogen) atoms. The second kappa shape index (κ2) is 4.88. The van der Waals surface area contributed by atoms with Crippen LogP contribution in [0, 0.1) is 0 Å². The van der Waals surface area contributed by atoms with Gasteiger partial charge in [-0.2, -0.15) is 0 Å². The van der Waals surface area contributed by atoms with Crippen molar-refractivity contribution in [1.82, 2.24) is 9.47 Å². The Morgan fingerprint density at radius 2 is 2.19 bits per heavy atom. The highest BCUT2D eigenvalue weighted by Gasteiger charge is 2.38. The van der Waals surface area contributed by atoms with Crippen LogP contribution in [0.15, 0.2) is 30.5 Å². The molecule has 1 aromatic carbocycles. The standard InChI is InChI=1S/C17H20N2O2/c1-18-9-8-12-13(4-2-5-14(12)18)17(20)19-10-11-21-16-7-3-6-15(16)19/h2,4-5,8-9,15-16H,3,6-7,10-11H2,1H3/t15-,16+/m1/s1. The Morgan fingerprint density at radius 1 is 1.29 bits per heavy atom. The van der Waals surface area contributed by atoms with E-state index in [1.807, 2.05) is 36.3 Å². The summed E-state index contributed by atoms with van der Waals surface area (Å²) in [4.78, 5) is 15.1. The summed E-state index contributed by atoms with van der Waals surface area (Å²) in [7, 11) is 2.01. The van der Waals surface area contributed by atoms with Crippen molar-refractivity contribution in [3.05, 3.63) is 36.0 Å². The maximum absolute atomic E-state index is 13.0. The van der Waals surface area contributed by atoms with Gasteiger partial charge in [0.25, 0.3) is 5.91 Å². The lowest BCUT2D eigenvalue weighted by atomic mass is 10.1. The highest BCUT2D eigenvalue weighted by Crippen LogP contribution is 2.31. The molecule has 2 aromatic rings. The molecule has 0 N–H and O–H groups in total. The SMILES string of the molecule is Cn1ccc2c(C(=O)N3CCO[C@H]4CCC[C@H]43)cccc21. The fourth-order valence-corrected chi connectivity index (χ4v) is 3.82. The lowest BCUT2D eigenvalue weighted by molar-refractivity contribution is -0.0444. The molecule has 4 heteroatoms. The van der Waals surface area contributed by atoms with E-state index in [0.717, 1.165) is 35.7 Å². The monoisotopic (exact) mass is 284 g/mol. The van der Waals surface area contributed by atoms with Gasteiger partial charge in [-0.15, -0.1) is 0 Å². The van der Waals surface area contributed by atoms with E-state index < -0.39 is 0 Å². The van der Waals surface area contributed by atoms with Gasteiger partial charge < -0.3 is 14.2 Å². The van der Waals surface area contributed by atoms with Crippen LogP contribution < -0.4 is 0 Å². The fourth-order valence-electron chi connectivity index (χ4n) is 3.82. The lowest BCUT2D eigenvalue weighted by Crippen LogP contribution is -2.51. The van der Waals surface area contributed by atoms with Crippen molar-refractivity contribution in [1.29, 1.82) is 0 Å². The first-order chi connectivity index (χ1) is 10.3. The molecule has 0 radical (unpaired) electrons. The minimum atomic E-state index is 0.159. The molecule has 4 nitrogen and oxygen atoms in total. The van der Waals surface area contributed by atoms with Crippen LogP contribution in [-0.4, -0.2) is 40.7 Å². The number of aromatic nitrogens is 1. The van der Waals surface area contributed by atoms with Gasteiger partial charge in [0.2, 0.25) is 0 Å². The van der Waals surface area contributed by atoms with Crippen LogP contribution in [0.1, 0.15) is 29.6 Å². The first-order valence-corrected chi connectivity index (χ1v) is 7.72. The van der Waals surface area contributed by atoms with Gasteiger partial charge in [0.1, 0.15) is 0 Å². The minimum Gasteiger partial charge on any atom is -0.374 e. The normalized spacial score (nSPS) is 25.3. The van der Waals surface area contributed by atoms with Crippen molar-refractivity contribution in [2.45, 2.75) is 31.4 Å². The third-order valence-corrected chi connectivity index (χ3v) is 4.90. The van der Waals surface area contributed by atoms with Gasteiger partial charge in [-0.3, -0.25) is 4.79 Å². The molecule has 2 fully saturated rings. The number of nitrogens with zero attached hydrogens (tertiary/aromatic N) is 2. The predicted octanol–water partition coefficient (Wildman–Crippen LogP) is 2.57. The minimum absolute atomic E-state index is 0.159. The lowest BCUT2D eigenvalue weighted by Gasteiger charge is -2.37. The maximum atomic E-state index is 13.0. The van der Waals surface area contributed by atoms with Crippen molar-refractivity contribution in [3.8, 4) is 0 Å². The van der Waals surface area contributed by atoms with Gasteiger partial charge >= 0.3 is 0 Å². The topological polar surface area (TPSA) is 34.5 Å². The Kier molecular flexibility index (Phi) is 3.00. The summed E-state index contributed by atoms with van der Waals surface area (Å²) in [6.07, 6.45) is 5.58. The summed E-state index contributed by atoms with van der Waals surface area (Å²) in [6.45, 7) is 1.38. The molecular weight excluding hydrogens is 264 g/mol. The zero-order chi connectivity index (χ0) is 14.4. The Labute approximate surface area is 124 Å². The van der Waals surface area contributed by atoms with Crippen LogP contribution in [0.2, 0.25) is 0 Å². The molecule has 0 spiro atoms. The summed E-state index contributed by atoms with van der Waals surface area (Å²) in [5.74, 6) is 0.159. The summed E-state index contributed by atoms with van der Waals surface area (Å²) in [5.41, 5.74) is 1.93. The number of morpholine rings is 1. The van der Waals surface area contributed by atoms with Gasteiger partial charge in [-0.1, -0.05) is 6.07 Å². The van der Waals surface area contributed by atoms with E-state index in [9.17, 15) is 4.79 Å². The van der Waals surface area contributed by atoms with Crippen LogP contribution in [0.3, 0.4) is 0 Å². The van der Waals surface area contributed by atoms with Gasteiger partial charge in [0, 0.05) is 36.3 Å². The molecular formula is C17H20N2O2. The smallest absolute Gasteiger partial charge is 0.254 e. The largest absolute Gasteiger partial charge is 0.374 e. The van der Waals surface area contributed by atoms with Crippen LogP contribution in [0.4, 0.5) is 0 Å². The molecule has 1 amide bonds. The van der Waals surface area contributed by atoms with Gasteiger partial charge in [0.15, 0.2) is 0 Å². The maximum Gasteiger partial charge on any atom is 0.254 e. The van der Waals surface area contributed by atoms with Crippen LogP contribution in [-0.2, 0) is 11.8 Å². The van der Waals surface area contributed by atoms with Crippen molar-refractivity contribution in [2.24, 2.45) is 7.05 Å². The van der Waals surface area contributed by atoms with Crippen LogP contribution in [0.25, 0.3) is 10.9 Å². The molecule has 1 saturated heterocycles. The van der Waals surface area contributed by atoms with Crippen molar-refractivity contribution < 1.29 is 9.53 Å². The average Bonchev–Trinajstić information content (AvgIpc) is 3.13. The van der Waals surface area contributed by atoms with E-state index in [1.54, 1.807) is 0 Å². The zero-order valence-electron chi connectivity index (χ0n) is 12.3. The number of amides is 1. The molecule has 0 unspecified atom stereocenters. The Hall–Kier alpha value is -1.81. The molecule has 2 aliphatic rings. The predicted molar refractivity (Wildman–Crippen MR) is 81.3 cm³/mol. The molecule has 1 saturated carbocycles. The number of hydrogen-bond acceptors (Lipinski definition) is 2. The Bertz CT molecular complexity index is 691. The number of aryl methyl sites for hydroxylation is 1. The first-order valence-electron chi connectivity index (χ1n) is 7.72. The van der Waals surface area contributed by atoms with Crippen molar-refractivity contribution in [3.63, 3.8) is 0 Å². The number of benzene rings is 1. The van der Waals surface area contributed by atoms with E-state index in [2.05, 4.69) is 10.6 Å². The number of carbonyl (C=O) groups excluding carboxylic acids is 1. The third-order valence-electron chi connectivity index (χ3n) is 4.90. The van der Waals surface area contributed by atoms with Crippen molar-refractivity contribution in [2.75, 3.05) is 13.2 Å².